The van der Waals surface area contributed by atoms with Crippen molar-refractivity contribution in [1.82, 2.24) is 4.90 Å². The molecule has 7 heteroatoms. The number of benzene rings is 1. The van der Waals surface area contributed by atoms with Crippen molar-refractivity contribution in [3.8, 4) is 0 Å². The summed E-state index contributed by atoms with van der Waals surface area (Å²) in [5.41, 5.74) is 0.331. The average Bonchev–Trinajstić information content (AvgIpc) is 2.40. The van der Waals surface area contributed by atoms with E-state index in [-0.39, 0.29) is 16.8 Å². The molecule has 1 fully saturated rings. The molecule has 0 spiro atoms. The molecule has 0 aromatic heterocycles. The second kappa shape index (κ2) is 6.26. The number of carbonyl (C=O) groups is 1. The van der Waals surface area contributed by atoms with Crippen LogP contribution in [0.15, 0.2) is 27.6 Å². The standard InChI is InChI=1S/C14H17BrClNO3S/c1-9-4-3-7-17(10(9)2)14(18)12-8-11(21(16,19)20)5-6-13(12)15/h5-6,8-10H,3-4,7H2,1-2H3. The van der Waals surface area contributed by atoms with Gasteiger partial charge in [0.05, 0.1) is 10.5 Å². The summed E-state index contributed by atoms with van der Waals surface area (Å²) in [6, 6.07) is 4.39. The number of halogens is 2. The van der Waals surface area contributed by atoms with Gasteiger partial charge in [-0.3, -0.25) is 4.79 Å². The molecule has 4 nitrogen and oxygen atoms in total. The van der Waals surface area contributed by atoms with Crippen LogP contribution in [0.1, 0.15) is 37.0 Å². The van der Waals surface area contributed by atoms with Crippen molar-refractivity contribution >= 4 is 41.6 Å². The van der Waals surface area contributed by atoms with Crippen molar-refractivity contribution < 1.29 is 13.2 Å². The second-order valence-corrected chi connectivity index (χ2v) is 8.86. The molecule has 1 aliphatic rings. The van der Waals surface area contributed by atoms with Gasteiger partial charge < -0.3 is 4.90 Å². The van der Waals surface area contributed by atoms with E-state index in [2.05, 4.69) is 22.9 Å². The number of carbonyl (C=O) groups excluding carboxylic acids is 1. The SMILES string of the molecule is CC1CCCN(C(=O)c2cc(S(=O)(=O)Cl)ccc2Br)C1C. The van der Waals surface area contributed by atoms with Crippen LogP contribution in [-0.2, 0) is 9.05 Å². The van der Waals surface area contributed by atoms with Gasteiger partial charge in [0.2, 0.25) is 0 Å². The maximum absolute atomic E-state index is 12.7. The highest BCUT2D eigenvalue weighted by atomic mass is 79.9. The Morgan fingerprint density at radius 1 is 1.38 bits per heavy atom. The van der Waals surface area contributed by atoms with Crippen LogP contribution in [0.4, 0.5) is 0 Å². The van der Waals surface area contributed by atoms with Crippen molar-refractivity contribution in [2.45, 2.75) is 37.6 Å². The Balaban J connectivity index is 2.39. The van der Waals surface area contributed by atoms with Crippen LogP contribution in [0, 0.1) is 5.92 Å². The molecule has 1 aliphatic heterocycles. The molecule has 0 N–H and O–H groups in total. The second-order valence-electron chi connectivity index (χ2n) is 5.44. The highest BCUT2D eigenvalue weighted by Gasteiger charge is 2.30. The summed E-state index contributed by atoms with van der Waals surface area (Å²) >= 11 is 3.31. The summed E-state index contributed by atoms with van der Waals surface area (Å²) in [4.78, 5) is 14.5. The first-order valence-electron chi connectivity index (χ1n) is 6.77. The zero-order valence-electron chi connectivity index (χ0n) is 11.8. The van der Waals surface area contributed by atoms with Gasteiger partial charge in [0, 0.05) is 27.7 Å². The summed E-state index contributed by atoms with van der Waals surface area (Å²) < 4.78 is 23.4. The molecule has 0 bridgehead atoms. The highest BCUT2D eigenvalue weighted by molar-refractivity contribution is 9.10. The zero-order valence-corrected chi connectivity index (χ0v) is 15.0. The average molecular weight is 395 g/mol. The third-order valence-electron chi connectivity index (χ3n) is 4.08. The van der Waals surface area contributed by atoms with Gasteiger partial charge in [-0.25, -0.2) is 8.42 Å². The molecule has 0 saturated carbocycles. The first kappa shape index (κ1) is 16.8. The van der Waals surface area contributed by atoms with Gasteiger partial charge in [-0.15, -0.1) is 0 Å². The molecular weight excluding hydrogens is 378 g/mol. The van der Waals surface area contributed by atoms with Gasteiger partial charge in [0.25, 0.3) is 15.0 Å². The molecule has 116 valence electrons. The molecule has 1 saturated heterocycles. The molecule has 1 aromatic rings. The first-order valence-corrected chi connectivity index (χ1v) is 9.87. The molecule has 2 unspecified atom stereocenters. The fourth-order valence-corrected chi connectivity index (χ4v) is 3.79. The van der Waals surface area contributed by atoms with Crippen molar-refractivity contribution in [2.75, 3.05) is 6.54 Å². The number of nitrogens with zero attached hydrogens (tertiary/aromatic N) is 1. The van der Waals surface area contributed by atoms with E-state index in [1.165, 1.54) is 12.1 Å². The minimum absolute atomic E-state index is 0.0616. The molecule has 1 aromatic carbocycles. The quantitative estimate of drug-likeness (QED) is 0.720. The van der Waals surface area contributed by atoms with Gasteiger partial charge >= 0.3 is 0 Å². The zero-order chi connectivity index (χ0) is 15.8. The Morgan fingerprint density at radius 3 is 2.67 bits per heavy atom. The van der Waals surface area contributed by atoms with Crippen molar-refractivity contribution in [1.29, 1.82) is 0 Å². The molecule has 0 aliphatic carbocycles. The lowest BCUT2D eigenvalue weighted by molar-refractivity contribution is 0.0550. The predicted octanol–water partition coefficient (Wildman–Crippen LogP) is 3.64. The first-order chi connectivity index (χ1) is 9.71. The minimum Gasteiger partial charge on any atom is -0.336 e. The van der Waals surface area contributed by atoms with E-state index in [0.29, 0.717) is 22.5 Å². The normalized spacial score (nSPS) is 23.1. The fourth-order valence-electron chi connectivity index (χ4n) is 2.60. The fraction of sp³-hybridized carbons (Fsp3) is 0.500. The smallest absolute Gasteiger partial charge is 0.261 e. The molecule has 1 amide bonds. The van der Waals surface area contributed by atoms with E-state index in [1.807, 2.05) is 6.92 Å². The Hall–Kier alpha value is -0.590. The van der Waals surface area contributed by atoms with E-state index in [1.54, 1.807) is 11.0 Å². The highest BCUT2D eigenvalue weighted by Crippen LogP contribution is 2.28. The number of piperidine rings is 1. The van der Waals surface area contributed by atoms with E-state index in [9.17, 15) is 13.2 Å². The van der Waals surface area contributed by atoms with Crippen LogP contribution in [0.25, 0.3) is 0 Å². The summed E-state index contributed by atoms with van der Waals surface area (Å²) in [5, 5.41) is 0. The van der Waals surface area contributed by atoms with Gasteiger partial charge in [0.1, 0.15) is 0 Å². The minimum atomic E-state index is -3.85. The topological polar surface area (TPSA) is 54.5 Å². The number of rotatable bonds is 2. The van der Waals surface area contributed by atoms with E-state index in [0.717, 1.165) is 12.8 Å². The number of amides is 1. The van der Waals surface area contributed by atoms with E-state index in [4.69, 9.17) is 10.7 Å². The number of likely N-dealkylation sites (tertiary alicyclic amines) is 1. The summed E-state index contributed by atoms with van der Waals surface area (Å²) in [6.45, 7) is 4.84. The van der Waals surface area contributed by atoms with Crippen LogP contribution < -0.4 is 0 Å². The van der Waals surface area contributed by atoms with Crippen LogP contribution in [0.2, 0.25) is 0 Å². The third kappa shape index (κ3) is 3.60. The van der Waals surface area contributed by atoms with Crippen molar-refractivity contribution in [3.05, 3.63) is 28.2 Å². The largest absolute Gasteiger partial charge is 0.336 e. The predicted molar refractivity (Wildman–Crippen MR) is 86.1 cm³/mol. The Morgan fingerprint density at radius 2 is 2.05 bits per heavy atom. The maximum Gasteiger partial charge on any atom is 0.261 e. The molecule has 2 atom stereocenters. The van der Waals surface area contributed by atoms with Gasteiger partial charge in [-0.1, -0.05) is 6.92 Å². The van der Waals surface area contributed by atoms with E-state index < -0.39 is 9.05 Å². The van der Waals surface area contributed by atoms with Gasteiger partial charge in [-0.05, 0) is 59.8 Å². The molecule has 21 heavy (non-hydrogen) atoms. The summed E-state index contributed by atoms with van der Waals surface area (Å²) in [7, 11) is 1.51. The van der Waals surface area contributed by atoms with E-state index >= 15 is 0 Å². The van der Waals surface area contributed by atoms with Gasteiger partial charge in [0.15, 0.2) is 0 Å². The molecular formula is C14H17BrClNO3S. The molecule has 2 rings (SSSR count). The maximum atomic E-state index is 12.7. The number of hydrogen-bond acceptors (Lipinski definition) is 3. The number of hydrogen-bond donors (Lipinski definition) is 0. The van der Waals surface area contributed by atoms with Crippen molar-refractivity contribution in [2.24, 2.45) is 5.92 Å². The summed E-state index contributed by atoms with van der Waals surface area (Å²) in [5.74, 6) is 0.268. The van der Waals surface area contributed by atoms with Crippen LogP contribution in [-0.4, -0.2) is 31.8 Å². The molecule has 0 radical (unpaired) electrons. The molecule has 1 heterocycles. The Kier molecular flexibility index (Phi) is 5.00. The lowest BCUT2D eigenvalue weighted by Crippen LogP contribution is -2.46. The van der Waals surface area contributed by atoms with Crippen LogP contribution in [0.5, 0.6) is 0 Å². The summed E-state index contributed by atoms with van der Waals surface area (Å²) in [6.07, 6.45) is 2.06. The Bertz CT molecular complexity index is 662. The lowest BCUT2D eigenvalue weighted by atomic mass is 9.91. The third-order valence-corrected chi connectivity index (χ3v) is 6.13. The Labute approximate surface area is 138 Å². The van der Waals surface area contributed by atoms with Crippen LogP contribution >= 0.6 is 26.6 Å². The van der Waals surface area contributed by atoms with Crippen molar-refractivity contribution in [3.63, 3.8) is 0 Å². The van der Waals surface area contributed by atoms with Crippen LogP contribution in [0.3, 0.4) is 0 Å². The van der Waals surface area contributed by atoms with Gasteiger partial charge in [-0.2, -0.15) is 0 Å². The monoisotopic (exact) mass is 393 g/mol. The lowest BCUT2D eigenvalue weighted by Gasteiger charge is -2.38.